The average Bonchev–Trinajstić information content (AvgIpc) is 3.66. The number of halogens is 3. The summed E-state index contributed by atoms with van der Waals surface area (Å²) in [5.74, 6) is -2.43. The quantitative estimate of drug-likeness (QED) is 0.204. The summed E-state index contributed by atoms with van der Waals surface area (Å²) in [7, 11) is -2.73. The molecule has 0 aliphatic carbocycles. The number of nitrogens with zero attached hydrogens (tertiary/aromatic N) is 1. The zero-order valence-electron chi connectivity index (χ0n) is 24.9. The van der Waals surface area contributed by atoms with Crippen molar-refractivity contribution in [2.45, 2.75) is 55.3 Å². The van der Waals surface area contributed by atoms with E-state index in [0.29, 0.717) is 11.7 Å². The Morgan fingerprint density at radius 1 is 1.13 bits per heavy atom. The van der Waals surface area contributed by atoms with Gasteiger partial charge < -0.3 is 15.4 Å². The van der Waals surface area contributed by atoms with Gasteiger partial charge in [-0.05, 0) is 59.9 Å². The molecular formula is C31H36F3N3O7S. The summed E-state index contributed by atoms with van der Waals surface area (Å²) < 4.78 is 64.9. The number of sulfone groups is 1. The lowest BCUT2D eigenvalue weighted by atomic mass is 10.1. The summed E-state index contributed by atoms with van der Waals surface area (Å²) in [5, 5.41) is 5.55. The van der Waals surface area contributed by atoms with E-state index in [0.717, 1.165) is 51.0 Å². The standard InChI is InChI=1S/C28H33N3O4S.C3H3F3O3/c1-4-6-22(5-2)20(3)29-28(32)30-25-9-11-27(12-10-25)36(33,34)19-21-7-8-23-16-31(17-24(23)15-21)26-13-14-35-18-26;1-8-9-2(7)3(4,5)6/h4-12,15,20,26H,1-2,13-14,16-19H2,3H3,(H2,29,30,32);1H3/b22-6+;. The van der Waals surface area contributed by atoms with Crippen molar-refractivity contribution in [1.29, 1.82) is 0 Å². The lowest BCUT2D eigenvalue weighted by Gasteiger charge is -2.21. The van der Waals surface area contributed by atoms with Crippen LogP contribution in [0.4, 0.5) is 23.7 Å². The van der Waals surface area contributed by atoms with Gasteiger partial charge in [-0.15, -0.1) is 0 Å². The molecule has 2 atom stereocenters. The first-order chi connectivity index (χ1) is 21.3. The second kappa shape index (κ2) is 15.8. The van der Waals surface area contributed by atoms with Crippen LogP contribution < -0.4 is 10.6 Å². The van der Waals surface area contributed by atoms with Crippen molar-refractivity contribution < 1.29 is 45.7 Å². The summed E-state index contributed by atoms with van der Waals surface area (Å²) in [6, 6.07) is 12.0. The average molecular weight is 652 g/mol. The molecule has 244 valence electrons. The molecule has 2 amide bonds. The van der Waals surface area contributed by atoms with Gasteiger partial charge in [0.25, 0.3) is 0 Å². The second-order valence-corrected chi connectivity index (χ2v) is 12.3. The van der Waals surface area contributed by atoms with Crippen LogP contribution in [0.25, 0.3) is 0 Å². The number of amides is 2. The van der Waals surface area contributed by atoms with Crippen LogP contribution in [0, 0.1) is 0 Å². The zero-order valence-corrected chi connectivity index (χ0v) is 25.7. The fourth-order valence-electron chi connectivity index (χ4n) is 4.78. The number of urea groups is 1. The zero-order chi connectivity index (χ0) is 33.2. The number of allylic oxidation sites excluding steroid dienone is 2. The lowest BCUT2D eigenvalue weighted by molar-refractivity contribution is -0.287. The molecular weight excluding hydrogens is 615 g/mol. The first-order valence-corrected chi connectivity index (χ1v) is 15.5. The Morgan fingerprint density at radius 3 is 2.38 bits per heavy atom. The molecule has 2 aliphatic heterocycles. The predicted molar refractivity (Wildman–Crippen MR) is 161 cm³/mol. The number of nitrogens with one attached hydrogen (secondary N) is 2. The molecule has 14 heteroatoms. The Bertz CT molecular complexity index is 1500. The normalized spacial score (nSPS) is 17.4. The topological polar surface area (TPSA) is 123 Å². The van der Waals surface area contributed by atoms with Crippen LogP contribution in [0.1, 0.15) is 30.0 Å². The Morgan fingerprint density at radius 2 is 1.82 bits per heavy atom. The van der Waals surface area contributed by atoms with Crippen molar-refractivity contribution in [2.75, 3.05) is 25.6 Å². The molecule has 10 nitrogen and oxygen atoms in total. The Labute approximate surface area is 260 Å². The highest BCUT2D eigenvalue weighted by molar-refractivity contribution is 7.90. The van der Waals surface area contributed by atoms with Gasteiger partial charge in [0.05, 0.1) is 30.4 Å². The number of benzene rings is 2. The summed E-state index contributed by atoms with van der Waals surface area (Å²) in [6.45, 7) is 12.5. The second-order valence-electron chi connectivity index (χ2n) is 10.3. The molecule has 2 heterocycles. The smallest absolute Gasteiger partial charge is 0.380 e. The minimum absolute atomic E-state index is 0.0719. The van der Waals surface area contributed by atoms with E-state index >= 15 is 0 Å². The van der Waals surface area contributed by atoms with Crippen molar-refractivity contribution in [3.63, 3.8) is 0 Å². The molecule has 2 N–H and O–H groups in total. The van der Waals surface area contributed by atoms with Crippen LogP contribution >= 0.6 is 0 Å². The Balaban J connectivity index is 0.000000535. The molecule has 0 aromatic heterocycles. The third-order valence-electron chi connectivity index (χ3n) is 7.05. The maximum absolute atomic E-state index is 13.1. The number of alkyl halides is 3. The molecule has 2 aromatic rings. The number of carbonyl (C=O) groups is 2. The number of hydrogen-bond acceptors (Lipinski definition) is 8. The fourth-order valence-corrected chi connectivity index (χ4v) is 6.11. The minimum atomic E-state index is -4.98. The summed E-state index contributed by atoms with van der Waals surface area (Å²) in [6.07, 6.45) is 1.14. The highest BCUT2D eigenvalue weighted by Gasteiger charge is 2.42. The Kier molecular flexibility index (Phi) is 12.5. The molecule has 2 aromatic carbocycles. The first kappa shape index (κ1) is 35.5. The molecule has 4 rings (SSSR count). The first-order valence-electron chi connectivity index (χ1n) is 13.9. The molecule has 0 radical (unpaired) electrons. The van der Waals surface area contributed by atoms with Crippen LogP contribution in [0.2, 0.25) is 0 Å². The van der Waals surface area contributed by atoms with E-state index in [1.54, 1.807) is 30.4 Å². The third kappa shape index (κ3) is 10.3. The van der Waals surface area contributed by atoms with E-state index in [-0.39, 0.29) is 16.7 Å². The van der Waals surface area contributed by atoms with Crippen molar-refractivity contribution in [2.24, 2.45) is 0 Å². The molecule has 0 spiro atoms. The van der Waals surface area contributed by atoms with Crippen LogP contribution in [-0.4, -0.2) is 63.9 Å². The molecule has 2 aliphatic rings. The van der Waals surface area contributed by atoms with Crippen molar-refractivity contribution in [3.05, 3.63) is 96.1 Å². The van der Waals surface area contributed by atoms with Gasteiger partial charge in [-0.2, -0.15) is 18.1 Å². The van der Waals surface area contributed by atoms with Gasteiger partial charge in [-0.3, -0.25) is 9.79 Å². The van der Waals surface area contributed by atoms with Gasteiger partial charge in [-0.25, -0.2) is 18.0 Å². The van der Waals surface area contributed by atoms with Gasteiger partial charge in [-0.1, -0.05) is 49.6 Å². The Hall–Kier alpha value is -3.98. The minimum Gasteiger partial charge on any atom is -0.380 e. The molecule has 0 saturated carbocycles. The molecule has 1 fully saturated rings. The summed E-state index contributed by atoms with van der Waals surface area (Å²) >= 11 is 0. The van der Waals surface area contributed by atoms with Crippen LogP contribution in [0.5, 0.6) is 0 Å². The maximum atomic E-state index is 13.1. The van der Waals surface area contributed by atoms with E-state index in [9.17, 15) is 31.2 Å². The van der Waals surface area contributed by atoms with E-state index in [4.69, 9.17) is 4.74 Å². The highest BCUT2D eigenvalue weighted by Crippen LogP contribution is 2.29. The molecule has 45 heavy (non-hydrogen) atoms. The van der Waals surface area contributed by atoms with Gasteiger partial charge in [0.15, 0.2) is 9.84 Å². The number of carbonyl (C=O) groups excluding carboxylic acids is 2. The van der Waals surface area contributed by atoms with E-state index in [1.165, 1.54) is 23.3 Å². The fraction of sp³-hybridized carbons (Fsp3) is 0.355. The molecule has 2 unspecified atom stereocenters. The number of anilines is 1. The largest absolute Gasteiger partial charge is 0.494 e. The van der Waals surface area contributed by atoms with Gasteiger partial charge in [0.2, 0.25) is 0 Å². The third-order valence-corrected chi connectivity index (χ3v) is 8.76. The van der Waals surface area contributed by atoms with Gasteiger partial charge in [0, 0.05) is 31.4 Å². The van der Waals surface area contributed by atoms with Crippen LogP contribution in [0.3, 0.4) is 0 Å². The number of rotatable bonds is 10. The number of fused-ring (bicyclic) bond motifs is 1. The highest BCUT2D eigenvalue weighted by atomic mass is 32.2. The van der Waals surface area contributed by atoms with Crippen molar-refractivity contribution in [3.8, 4) is 0 Å². The monoisotopic (exact) mass is 651 g/mol. The van der Waals surface area contributed by atoms with Gasteiger partial charge in [0.1, 0.15) is 0 Å². The van der Waals surface area contributed by atoms with Crippen LogP contribution in [0.15, 0.2) is 84.3 Å². The van der Waals surface area contributed by atoms with Crippen LogP contribution in [-0.2, 0) is 48.0 Å². The van der Waals surface area contributed by atoms with E-state index in [1.807, 2.05) is 25.1 Å². The summed E-state index contributed by atoms with van der Waals surface area (Å²) in [4.78, 5) is 31.2. The number of hydrogen-bond donors (Lipinski definition) is 2. The van der Waals surface area contributed by atoms with E-state index < -0.39 is 28.0 Å². The van der Waals surface area contributed by atoms with E-state index in [2.05, 4.69) is 38.5 Å². The SMILES string of the molecule is C=C/C=C(\C=C)C(C)NC(=O)Nc1ccc(S(=O)(=O)Cc2ccc3c(c2)CN(C2CCOC2)C3)cc1.COOC(=O)C(F)(F)F. The van der Waals surface area contributed by atoms with Crippen molar-refractivity contribution in [1.82, 2.24) is 10.2 Å². The van der Waals surface area contributed by atoms with Crippen molar-refractivity contribution >= 4 is 27.5 Å². The van der Waals surface area contributed by atoms with Gasteiger partial charge >= 0.3 is 18.2 Å². The molecule has 1 saturated heterocycles. The summed E-state index contributed by atoms with van der Waals surface area (Å²) in [5.41, 5.74) is 4.55. The number of ether oxygens (including phenoxy) is 1. The molecule has 0 bridgehead atoms. The lowest BCUT2D eigenvalue weighted by Crippen LogP contribution is -2.36. The maximum Gasteiger partial charge on any atom is 0.494 e. The predicted octanol–water partition coefficient (Wildman–Crippen LogP) is 5.23.